The minimum absolute atomic E-state index is 0.316. The number of carbonyl (C=O) groups is 1. The van der Waals surface area contributed by atoms with Gasteiger partial charge in [-0.05, 0) is 45.7 Å². The lowest BCUT2D eigenvalue weighted by atomic mass is 10.0. The summed E-state index contributed by atoms with van der Waals surface area (Å²) in [4.78, 5) is 13.8. The Balaban J connectivity index is 3.70. The van der Waals surface area contributed by atoms with Crippen molar-refractivity contribution >= 4 is 5.97 Å². The molecule has 0 aliphatic carbocycles. The molecule has 0 spiro atoms. The Morgan fingerprint density at radius 2 is 0.526 bits per heavy atom. The van der Waals surface area contributed by atoms with Crippen LogP contribution in [0.15, 0.2) is 0 Å². The first-order chi connectivity index (χ1) is 28.1. The molecule has 0 heterocycles. The summed E-state index contributed by atoms with van der Waals surface area (Å²) in [5, 5.41) is 9.14. The van der Waals surface area contributed by atoms with Crippen LogP contribution in [0.4, 0.5) is 0 Å². The zero-order valence-electron chi connectivity index (χ0n) is 40.0. The lowest BCUT2D eigenvalue weighted by Crippen LogP contribution is -2.35. The van der Waals surface area contributed by atoms with E-state index in [2.05, 4.69) is 25.7 Å². The molecule has 1 unspecified atom stereocenters. The van der Waals surface area contributed by atoms with Crippen LogP contribution < -0.4 is 0 Å². The smallest absolute Gasteiger partial charge is 0.303 e. The lowest BCUT2D eigenvalue weighted by molar-refractivity contribution is -0.137. The zero-order chi connectivity index (χ0) is 41.4. The topological polar surface area (TPSA) is 40.5 Å². The number of nitrogens with zero attached hydrogens (tertiary/aromatic N) is 1. The largest absolute Gasteiger partial charge is 0.481 e. The Hall–Kier alpha value is -0.570. The lowest BCUT2D eigenvalue weighted by Gasteiger charge is -2.29. The monoisotopic (exact) mass is 804 g/mol. The molecule has 57 heavy (non-hydrogen) atoms. The van der Waals surface area contributed by atoms with E-state index in [1.165, 1.54) is 296 Å². The van der Waals surface area contributed by atoms with Crippen LogP contribution in [-0.4, -0.2) is 35.1 Å². The zero-order valence-corrected chi connectivity index (χ0v) is 40.0. The van der Waals surface area contributed by atoms with Crippen molar-refractivity contribution in [3.05, 3.63) is 0 Å². The molecule has 0 aromatic carbocycles. The molecule has 0 aliphatic heterocycles. The molecule has 0 bridgehead atoms. The van der Waals surface area contributed by atoms with Crippen LogP contribution in [-0.2, 0) is 4.79 Å². The Labute approximate surface area is 361 Å². The van der Waals surface area contributed by atoms with Gasteiger partial charge in [-0.25, -0.2) is 0 Å². The van der Waals surface area contributed by atoms with E-state index >= 15 is 0 Å². The second-order valence-electron chi connectivity index (χ2n) is 19.0. The number of carboxylic acids is 1. The van der Waals surface area contributed by atoms with E-state index in [1.54, 1.807) is 0 Å². The van der Waals surface area contributed by atoms with Crippen molar-refractivity contribution in [1.82, 2.24) is 4.90 Å². The Kier molecular flexibility index (Phi) is 49.3. The molecular formula is C54H109NO2. The molecule has 0 aliphatic rings. The van der Waals surface area contributed by atoms with Crippen LogP contribution in [0.25, 0.3) is 0 Å². The van der Waals surface area contributed by atoms with Gasteiger partial charge in [-0.2, -0.15) is 0 Å². The minimum atomic E-state index is -0.645. The fourth-order valence-corrected chi connectivity index (χ4v) is 9.13. The molecular weight excluding hydrogens is 695 g/mol. The van der Waals surface area contributed by atoms with Gasteiger partial charge in [-0.1, -0.05) is 284 Å². The number of carboxylic acid groups (broad SMARTS) is 1. The van der Waals surface area contributed by atoms with E-state index in [4.69, 9.17) is 5.11 Å². The highest BCUT2D eigenvalue weighted by Gasteiger charge is 2.14. The third-order valence-electron chi connectivity index (χ3n) is 13.2. The highest BCUT2D eigenvalue weighted by atomic mass is 16.4. The van der Waals surface area contributed by atoms with Crippen LogP contribution in [0.5, 0.6) is 0 Å². The normalized spacial score (nSPS) is 12.3. The van der Waals surface area contributed by atoms with Crippen LogP contribution in [0.2, 0.25) is 0 Å². The number of unbranched alkanes of at least 4 members (excludes halogenated alkanes) is 42. The first kappa shape index (κ1) is 56.4. The Bertz CT molecular complexity index is 691. The minimum Gasteiger partial charge on any atom is -0.481 e. The Morgan fingerprint density at radius 1 is 0.333 bits per heavy atom. The van der Waals surface area contributed by atoms with E-state index in [0.717, 1.165) is 12.8 Å². The van der Waals surface area contributed by atoms with E-state index < -0.39 is 5.97 Å². The molecule has 0 amide bonds. The van der Waals surface area contributed by atoms with Gasteiger partial charge < -0.3 is 10.0 Å². The first-order valence-electron chi connectivity index (χ1n) is 27.1. The number of aliphatic carboxylic acids is 1. The van der Waals surface area contributed by atoms with Gasteiger partial charge in [0.25, 0.3) is 0 Å². The quantitative estimate of drug-likeness (QED) is 0.0623. The predicted molar refractivity (Wildman–Crippen MR) is 257 cm³/mol. The van der Waals surface area contributed by atoms with E-state index in [0.29, 0.717) is 12.5 Å². The molecule has 0 aromatic heterocycles. The number of hydrogen-bond donors (Lipinski definition) is 1. The van der Waals surface area contributed by atoms with Gasteiger partial charge in [0, 0.05) is 12.5 Å². The summed E-state index contributed by atoms with van der Waals surface area (Å²) in [5.74, 6) is -0.645. The van der Waals surface area contributed by atoms with Crippen molar-refractivity contribution in [2.75, 3.05) is 13.1 Å². The summed E-state index contributed by atoms with van der Waals surface area (Å²) in [6.45, 7) is 9.36. The molecule has 3 nitrogen and oxygen atoms in total. The van der Waals surface area contributed by atoms with Gasteiger partial charge in [0.1, 0.15) is 0 Å². The van der Waals surface area contributed by atoms with Crippen molar-refractivity contribution < 1.29 is 9.90 Å². The molecule has 0 saturated heterocycles. The maximum atomic E-state index is 11.1. The SMILES string of the molecule is CCCCCCCCCCCCCCCCCCCCCCCCN(CCCCCCCCCCCCCCCCCCCCCCCC)C(C)CCCC(=O)O. The number of rotatable bonds is 51. The van der Waals surface area contributed by atoms with Crippen molar-refractivity contribution in [3.8, 4) is 0 Å². The molecule has 0 fully saturated rings. The molecule has 0 saturated carbocycles. The third kappa shape index (κ3) is 48.0. The average molecular weight is 804 g/mol. The highest BCUT2D eigenvalue weighted by molar-refractivity contribution is 5.66. The van der Waals surface area contributed by atoms with Gasteiger partial charge in [-0.3, -0.25) is 4.79 Å². The summed E-state index contributed by atoms with van der Waals surface area (Å²) in [5.41, 5.74) is 0. The van der Waals surface area contributed by atoms with Gasteiger partial charge in [0.05, 0.1) is 0 Å². The fraction of sp³-hybridized carbons (Fsp3) is 0.981. The first-order valence-corrected chi connectivity index (χ1v) is 27.1. The van der Waals surface area contributed by atoms with Gasteiger partial charge >= 0.3 is 5.97 Å². The summed E-state index contributed by atoms with van der Waals surface area (Å²) >= 11 is 0. The third-order valence-corrected chi connectivity index (χ3v) is 13.2. The number of hydrogen-bond acceptors (Lipinski definition) is 2. The molecule has 1 N–H and O–H groups in total. The van der Waals surface area contributed by atoms with E-state index in [-0.39, 0.29) is 0 Å². The van der Waals surface area contributed by atoms with Crippen molar-refractivity contribution in [1.29, 1.82) is 0 Å². The fourth-order valence-electron chi connectivity index (χ4n) is 9.13. The molecule has 0 rings (SSSR count). The summed E-state index contributed by atoms with van der Waals surface area (Å²) in [7, 11) is 0. The van der Waals surface area contributed by atoms with Crippen molar-refractivity contribution in [3.63, 3.8) is 0 Å². The maximum Gasteiger partial charge on any atom is 0.303 e. The predicted octanol–water partition coefficient (Wildman–Crippen LogP) is 19.1. The van der Waals surface area contributed by atoms with Gasteiger partial charge in [0.2, 0.25) is 0 Å². The average Bonchev–Trinajstić information content (AvgIpc) is 3.20. The van der Waals surface area contributed by atoms with Crippen LogP contribution in [0.3, 0.4) is 0 Å². The van der Waals surface area contributed by atoms with Crippen molar-refractivity contribution in [2.45, 2.75) is 329 Å². The van der Waals surface area contributed by atoms with Gasteiger partial charge in [0.15, 0.2) is 0 Å². The molecule has 0 radical (unpaired) electrons. The molecule has 342 valence electrons. The van der Waals surface area contributed by atoms with Crippen LogP contribution in [0, 0.1) is 0 Å². The standard InChI is InChI=1S/C54H109NO2/c1-4-6-8-10-12-14-16-18-20-22-24-26-28-30-32-34-36-38-40-42-44-46-51-55(53(3)49-48-50-54(56)57)52-47-45-43-41-39-37-35-33-31-29-27-25-23-21-19-17-15-13-11-9-7-5-2/h53H,4-52H2,1-3H3,(H,56,57). The van der Waals surface area contributed by atoms with E-state index in [9.17, 15) is 4.79 Å². The summed E-state index contributed by atoms with van der Waals surface area (Å²) in [6.07, 6.45) is 65.3. The second kappa shape index (κ2) is 49.8. The second-order valence-corrected chi connectivity index (χ2v) is 19.0. The highest BCUT2D eigenvalue weighted by Crippen LogP contribution is 2.19. The van der Waals surface area contributed by atoms with E-state index in [1.807, 2.05) is 0 Å². The van der Waals surface area contributed by atoms with Crippen LogP contribution in [0.1, 0.15) is 323 Å². The maximum absolute atomic E-state index is 11.1. The molecule has 3 heteroatoms. The van der Waals surface area contributed by atoms with Gasteiger partial charge in [-0.15, -0.1) is 0 Å². The van der Waals surface area contributed by atoms with Crippen molar-refractivity contribution in [2.24, 2.45) is 0 Å². The molecule has 0 aromatic rings. The van der Waals surface area contributed by atoms with Crippen LogP contribution >= 0.6 is 0 Å². The summed E-state index contributed by atoms with van der Waals surface area (Å²) < 4.78 is 0. The summed E-state index contributed by atoms with van der Waals surface area (Å²) in [6, 6.07) is 0.508. The Morgan fingerprint density at radius 3 is 0.719 bits per heavy atom. The molecule has 1 atom stereocenters.